The number of thioether (sulfide) groups is 1. The summed E-state index contributed by atoms with van der Waals surface area (Å²) in [5.74, 6) is -0.0557. The molecule has 0 saturated heterocycles. The van der Waals surface area contributed by atoms with Gasteiger partial charge in [-0.3, -0.25) is 14.2 Å². The maximum Gasteiger partial charge on any atom is 0.262 e. The zero-order valence-electron chi connectivity index (χ0n) is 15.1. The van der Waals surface area contributed by atoms with Crippen LogP contribution in [0.5, 0.6) is 0 Å². The van der Waals surface area contributed by atoms with Crippen LogP contribution in [0.1, 0.15) is 12.5 Å². The SMILES string of the molecule is CCn1c(SCC(=O)Nc2ccc(CC#N)cc2)nc2ccc(Br)cc2c1=O. The first-order chi connectivity index (χ1) is 13.5. The molecule has 3 aromatic rings. The van der Waals surface area contributed by atoms with Gasteiger partial charge in [-0.2, -0.15) is 5.26 Å². The maximum atomic E-state index is 12.7. The highest BCUT2D eigenvalue weighted by atomic mass is 79.9. The van der Waals surface area contributed by atoms with Crippen LogP contribution in [0.3, 0.4) is 0 Å². The van der Waals surface area contributed by atoms with Crippen molar-refractivity contribution in [3.05, 3.63) is 62.9 Å². The average Bonchev–Trinajstić information content (AvgIpc) is 2.69. The number of nitriles is 1. The number of benzene rings is 2. The number of aromatic nitrogens is 2. The number of halogens is 1. The Morgan fingerprint density at radius 1 is 1.29 bits per heavy atom. The van der Waals surface area contributed by atoms with Gasteiger partial charge in [0, 0.05) is 16.7 Å². The molecule has 142 valence electrons. The Balaban J connectivity index is 1.74. The Hall–Kier alpha value is -2.63. The Kier molecular flexibility index (Phi) is 6.49. The van der Waals surface area contributed by atoms with E-state index in [1.54, 1.807) is 28.8 Å². The third-order valence-corrected chi connectivity index (χ3v) is 5.52. The van der Waals surface area contributed by atoms with Gasteiger partial charge in [-0.15, -0.1) is 0 Å². The van der Waals surface area contributed by atoms with Crippen LogP contribution in [0.15, 0.2) is 56.9 Å². The van der Waals surface area contributed by atoms with Crippen LogP contribution in [0.2, 0.25) is 0 Å². The lowest BCUT2D eigenvalue weighted by Gasteiger charge is -2.11. The van der Waals surface area contributed by atoms with Gasteiger partial charge in [-0.05, 0) is 42.8 Å². The molecular formula is C20H17BrN4O2S. The van der Waals surface area contributed by atoms with Crippen LogP contribution in [0, 0.1) is 11.3 Å². The van der Waals surface area contributed by atoms with Crippen molar-refractivity contribution in [3.63, 3.8) is 0 Å². The molecule has 1 heterocycles. The van der Waals surface area contributed by atoms with E-state index >= 15 is 0 Å². The highest BCUT2D eigenvalue weighted by molar-refractivity contribution is 9.10. The minimum absolute atomic E-state index is 0.121. The summed E-state index contributed by atoms with van der Waals surface area (Å²) in [7, 11) is 0. The number of hydrogen-bond donors (Lipinski definition) is 1. The second kappa shape index (κ2) is 9.04. The molecule has 0 atom stereocenters. The van der Waals surface area contributed by atoms with Gasteiger partial charge in [-0.1, -0.05) is 39.8 Å². The summed E-state index contributed by atoms with van der Waals surface area (Å²) < 4.78 is 2.39. The molecule has 0 spiro atoms. The Morgan fingerprint density at radius 3 is 2.71 bits per heavy atom. The molecule has 1 N–H and O–H groups in total. The molecule has 8 heteroatoms. The summed E-state index contributed by atoms with van der Waals surface area (Å²) in [4.78, 5) is 29.6. The first kappa shape index (κ1) is 20.1. The quantitative estimate of drug-likeness (QED) is 0.447. The van der Waals surface area contributed by atoms with Crippen molar-refractivity contribution >= 4 is 50.2 Å². The molecule has 0 unspecified atom stereocenters. The van der Waals surface area contributed by atoms with E-state index in [0.717, 1.165) is 10.0 Å². The summed E-state index contributed by atoms with van der Waals surface area (Å²) in [5.41, 5.74) is 2.05. The van der Waals surface area contributed by atoms with Gasteiger partial charge in [0.25, 0.3) is 5.56 Å². The van der Waals surface area contributed by atoms with Gasteiger partial charge in [-0.25, -0.2) is 4.98 Å². The third kappa shape index (κ3) is 4.61. The lowest BCUT2D eigenvalue weighted by atomic mass is 10.1. The van der Waals surface area contributed by atoms with E-state index in [9.17, 15) is 9.59 Å². The van der Waals surface area contributed by atoms with E-state index < -0.39 is 0 Å². The smallest absolute Gasteiger partial charge is 0.262 e. The van der Waals surface area contributed by atoms with E-state index in [0.29, 0.717) is 34.7 Å². The molecule has 0 saturated carbocycles. The molecular weight excluding hydrogens is 440 g/mol. The number of fused-ring (bicyclic) bond motifs is 1. The third-order valence-electron chi connectivity index (χ3n) is 4.05. The molecule has 0 bridgehead atoms. The van der Waals surface area contributed by atoms with E-state index in [1.165, 1.54) is 11.8 Å². The fraction of sp³-hybridized carbons (Fsp3) is 0.200. The van der Waals surface area contributed by atoms with Crippen molar-refractivity contribution in [2.75, 3.05) is 11.1 Å². The topological polar surface area (TPSA) is 87.8 Å². The first-order valence-electron chi connectivity index (χ1n) is 8.60. The minimum atomic E-state index is -0.189. The van der Waals surface area contributed by atoms with Crippen molar-refractivity contribution in [2.24, 2.45) is 0 Å². The average molecular weight is 457 g/mol. The molecule has 0 aliphatic heterocycles. The number of nitrogens with zero attached hydrogens (tertiary/aromatic N) is 3. The van der Waals surface area contributed by atoms with Gasteiger partial charge in [0.05, 0.1) is 29.1 Å². The Labute approximate surface area is 174 Å². The van der Waals surface area contributed by atoms with Crippen LogP contribution >= 0.6 is 27.7 Å². The molecule has 28 heavy (non-hydrogen) atoms. The predicted molar refractivity (Wildman–Crippen MR) is 114 cm³/mol. The van der Waals surface area contributed by atoms with Crippen LogP contribution in [0.4, 0.5) is 5.69 Å². The summed E-state index contributed by atoms with van der Waals surface area (Å²) in [6, 6.07) is 14.6. The summed E-state index contributed by atoms with van der Waals surface area (Å²) in [6.45, 7) is 2.35. The highest BCUT2D eigenvalue weighted by Crippen LogP contribution is 2.21. The predicted octanol–water partition coefficient (Wildman–Crippen LogP) is 3.98. The van der Waals surface area contributed by atoms with Gasteiger partial charge in [0.2, 0.25) is 5.91 Å². The summed E-state index contributed by atoms with van der Waals surface area (Å²) >= 11 is 4.60. The first-order valence-corrected chi connectivity index (χ1v) is 10.4. The molecule has 0 fully saturated rings. The lowest BCUT2D eigenvalue weighted by Crippen LogP contribution is -2.23. The molecule has 0 radical (unpaired) electrons. The van der Waals surface area contributed by atoms with Gasteiger partial charge < -0.3 is 5.32 Å². The molecule has 1 aromatic heterocycles. The van der Waals surface area contributed by atoms with Crippen LogP contribution in [-0.2, 0) is 17.8 Å². The van der Waals surface area contributed by atoms with E-state index in [2.05, 4.69) is 32.3 Å². The van der Waals surface area contributed by atoms with Gasteiger partial charge in [0.1, 0.15) is 0 Å². The second-order valence-electron chi connectivity index (χ2n) is 5.97. The fourth-order valence-corrected chi connectivity index (χ4v) is 3.91. The monoisotopic (exact) mass is 456 g/mol. The van der Waals surface area contributed by atoms with Crippen LogP contribution < -0.4 is 10.9 Å². The van der Waals surface area contributed by atoms with Crippen molar-refractivity contribution < 1.29 is 4.79 Å². The van der Waals surface area contributed by atoms with E-state index in [4.69, 9.17) is 5.26 Å². The number of anilines is 1. The normalized spacial score (nSPS) is 10.6. The van der Waals surface area contributed by atoms with E-state index in [1.807, 2.05) is 25.1 Å². The lowest BCUT2D eigenvalue weighted by molar-refractivity contribution is -0.113. The fourth-order valence-electron chi connectivity index (χ4n) is 2.69. The number of carbonyl (C=O) groups is 1. The molecule has 3 rings (SSSR count). The van der Waals surface area contributed by atoms with Crippen molar-refractivity contribution in [1.82, 2.24) is 9.55 Å². The maximum absolute atomic E-state index is 12.7. The number of carbonyl (C=O) groups excluding carboxylic acids is 1. The standard InChI is InChI=1S/C20H17BrN4O2S/c1-2-25-19(27)16-11-14(21)5-8-17(16)24-20(25)28-12-18(26)23-15-6-3-13(4-7-15)9-10-22/h3-8,11H,2,9,12H2,1H3,(H,23,26). The van der Waals surface area contributed by atoms with Crippen molar-refractivity contribution in [1.29, 1.82) is 5.26 Å². The van der Waals surface area contributed by atoms with E-state index in [-0.39, 0.29) is 17.2 Å². The zero-order chi connectivity index (χ0) is 20.1. The second-order valence-corrected chi connectivity index (χ2v) is 7.83. The molecule has 1 amide bonds. The summed E-state index contributed by atoms with van der Waals surface area (Å²) in [6.07, 6.45) is 0.336. The van der Waals surface area contributed by atoms with Crippen LogP contribution in [-0.4, -0.2) is 21.2 Å². The van der Waals surface area contributed by atoms with Gasteiger partial charge in [0.15, 0.2) is 5.16 Å². The highest BCUT2D eigenvalue weighted by Gasteiger charge is 2.13. The number of amides is 1. The largest absolute Gasteiger partial charge is 0.325 e. The number of nitrogens with one attached hydrogen (secondary N) is 1. The van der Waals surface area contributed by atoms with Crippen molar-refractivity contribution in [3.8, 4) is 6.07 Å². The van der Waals surface area contributed by atoms with Crippen LogP contribution in [0.25, 0.3) is 10.9 Å². The number of hydrogen-bond acceptors (Lipinski definition) is 5. The molecule has 6 nitrogen and oxygen atoms in total. The molecule has 0 aliphatic carbocycles. The molecule has 2 aromatic carbocycles. The van der Waals surface area contributed by atoms with Crippen molar-refractivity contribution in [2.45, 2.75) is 25.0 Å². The Bertz CT molecular complexity index is 1120. The summed E-state index contributed by atoms with van der Waals surface area (Å²) in [5, 5.41) is 12.6. The molecule has 0 aliphatic rings. The Morgan fingerprint density at radius 2 is 2.04 bits per heavy atom. The van der Waals surface area contributed by atoms with Gasteiger partial charge >= 0.3 is 0 Å². The zero-order valence-corrected chi connectivity index (χ0v) is 17.5. The number of rotatable bonds is 6. The minimum Gasteiger partial charge on any atom is -0.325 e.